The van der Waals surface area contributed by atoms with Crippen LogP contribution in [0.4, 0.5) is 10.5 Å². The number of hydrogen-bond acceptors (Lipinski definition) is 2. The van der Waals surface area contributed by atoms with E-state index < -0.39 is 0 Å². The minimum absolute atomic E-state index is 0.0881. The molecule has 1 aromatic rings. The molecule has 0 aliphatic rings. The van der Waals surface area contributed by atoms with Crippen molar-refractivity contribution in [3.8, 4) is 0 Å². The number of aliphatic hydroxyl groups is 1. The van der Waals surface area contributed by atoms with Crippen molar-refractivity contribution in [2.45, 2.75) is 13.3 Å². The lowest BCUT2D eigenvalue weighted by molar-refractivity contribution is 0.249. The zero-order valence-electron chi connectivity index (χ0n) is 8.79. The summed E-state index contributed by atoms with van der Waals surface area (Å²) in [4.78, 5) is 11.3. The van der Waals surface area contributed by atoms with Gasteiger partial charge in [-0.2, -0.15) is 0 Å². The Morgan fingerprint density at radius 3 is 2.60 bits per heavy atom. The van der Waals surface area contributed by atoms with Crippen molar-refractivity contribution >= 4 is 11.7 Å². The van der Waals surface area contributed by atoms with Gasteiger partial charge in [-0.1, -0.05) is 17.7 Å². The van der Waals surface area contributed by atoms with Crippen LogP contribution in [0.1, 0.15) is 12.0 Å². The van der Waals surface area contributed by atoms with Crippen LogP contribution >= 0.6 is 0 Å². The molecule has 0 fully saturated rings. The predicted molar refractivity (Wildman–Crippen MR) is 59.9 cm³/mol. The van der Waals surface area contributed by atoms with Crippen molar-refractivity contribution in [3.05, 3.63) is 29.8 Å². The van der Waals surface area contributed by atoms with Gasteiger partial charge >= 0.3 is 6.03 Å². The first kappa shape index (κ1) is 11.5. The molecule has 0 spiro atoms. The first-order valence-corrected chi connectivity index (χ1v) is 4.95. The van der Waals surface area contributed by atoms with Crippen LogP contribution in [0.3, 0.4) is 0 Å². The third kappa shape index (κ3) is 4.46. The number of benzene rings is 1. The second-order valence-electron chi connectivity index (χ2n) is 3.32. The molecule has 2 amide bonds. The number of amides is 2. The van der Waals surface area contributed by atoms with Gasteiger partial charge in [0.1, 0.15) is 0 Å². The van der Waals surface area contributed by atoms with E-state index in [4.69, 9.17) is 5.11 Å². The fraction of sp³-hybridized carbons (Fsp3) is 0.364. The van der Waals surface area contributed by atoms with Crippen molar-refractivity contribution in [1.82, 2.24) is 5.32 Å². The molecule has 82 valence electrons. The van der Waals surface area contributed by atoms with Gasteiger partial charge in [0.25, 0.3) is 0 Å². The number of aryl methyl sites for hydroxylation is 1. The fourth-order valence-corrected chi connectivity index (χ4v) is 1.09. The molecule has 0 saturated heterocycles. The van der Waals surface area contributed by atoms with E-state index >= 15 is 0 Å². The van der Waals surface area contributed by atoms with Crippen molar-refractivity contribution in [2.24, 2.45) is 0 Å². The number of anilines is 1. The third-order valence-corrected chi connectivity index (χ3v) is 1.93. The zero-order chi connectivity index (χ0) is 11.1. The first-order valence-electron chi connectivity index (χ1n) is 4.95. The standard InChI is InChI=1S/C11H16N2O2/c1-9-3-5-10(6-4-9)13-11(15)12-7-2-8-14/h3-6,14H,2,7-8H2,1H3,(H2,12,13,15). The maximum Gasteiger partial charge on any atom is 0.319 e. The SMILES string of the molecule is Cc1ccc(NC(=O)NCCCO)cc1. The second kappa shape index (κ2) is 6.03. The molecule has 15 heavy (non-hydrogen) atoms. The van der Waals surface area contributed by atoms with E-state index in [-0.39, 0.29) is 12.6 Å². The molecule has 0 atom stereocenters. The number of rotatable bonds is 4. The smallest absolute Gasteiger partial charge is 0.319 e. The molecular weight excluding hydrogens is 192 g/mol. The minimum Gasteiger partial charge on any atom is -0.396 e. The maximum atomic E-state index is 11.3. The Labute approximate surface area is 89.3 Å². The van der Waals surface area contributed by atoms with E-state index in [9.17, 15) is 4.79 Å². The monoisotopic (exact) mass is 208 g/mol. The quantitative estimate of drug-likeness (QED) is 0.657. The molecule has 4 nitrogen and oxygen atoms in total. The summed E-state index contributed by atoms with van der Waals surface area (Å²) in [5.41, 5.74) is 1.92. The summed E-state index contributed by atoms with van der Waals surface area (Å²) in [6, 6.07) is 7.32. The van der Waals surface area contributed by atoms with Gasteiger partial charge in [-0.05, 0) is 25.5 Å². The van der Waals surface area contributed by atoms with Crippen LogP contribution in [0.5, 0.6) is 0 Å². The summed E-state index contributed by atoms with van der Waals surface area (Å²) in [7, 11) is 0. The lowest BCUT2D eigenvalue weighted by atomic mass is 10.2. The van der Waals surface area contributed by atoms with Crippen molar-refractivity contribution in [1.29, 1.82) is 0 Å². The van der Waals surface area contributed by atoms with Crippen molar-refractivity contribution < 1.29 is 9.90 Å². The molecule has 0 bridgehead atoms. The van der Waals surface area contributed by atoms with Crippen LogP contribution in [0.25, 0.3) is 0 Å². The van der Waals surface area contributed by atoms with Gasteiger partial charge in [-0.15, -0.1) is 0 Å². The molecule has 0 aromatic heterocycles. The lowest BCUT2D eigenvalue weighted by Gasteiger charge is -2.06. The molecule has 0 aliphatic carbocycles. The van der Waals surface area contributed by atoms with Gasteiger partial charge in [-0.3, -0.25) is 0 Å². The Morgan fingerprint density at radius 2 is 2.00 bits per heavy atom. The number of aliphatic hydroxyl groups excluding tert-OH is 1. The average Bonchev–Trinajstić information content (AvgIpc) is 2.22. The topological polar surface area (TPSA) is 61.4 Å². The van der Waals surface area contributed by atoms with E-state index in [1.807, 2.05) is 31.2 Å². The van der Waals surface area contributed by atoms with E-state index in [0.717, 1.165) is 11.3 Å². The molecule has 0 heterocycles. The van der Waals surface area contributed by atoms with Crippen LogP contribution in [0.15, 0.2) is 24.3 Å². The van der Waals surface area contributed by atoms with Crippen LogP contribution in [-0.4, -0.2) is 24.3 Å². The van der Waals surface area contributed by atoms with Crippen LogP contribution in [-0.2, 0) is 0 Å². The zero-order valence-corrected chi connectivity index (χ0v) is 8.79. The summed E-state index contributed by atoms with van der Waals surface area (Å²) in [6.45, 7) is 2.56. The van der Waals surface area contributed by atoms with Gasteiger partial charge in [0.15, 0.2) is 0 Å². The highest BCUT2D eigenvalue weighted by molar-refractivity contribution is 5.89. The Bertz CT molecular complexity index is 309. The van der Waals surface area contributed by atoms with Gasteiger partial charge in [0.05, 0.1) is 0 Å². The number of nitrogens with one attached hydrogen (secondary N) is 2. The normalized spacial score (nSPS) is 9.73. The highest BCUT2D eigenvalue weighted by atomic mass is 16.3. The van der Waals surface area contributed by atoms with Gasteiger partial charge in [-0.25, -0.2) is 4.79 Å². The van der Waals surface area contributed by atoms with Crippen molar-refractivity contribution in [2.75, 3.05) is 18.5 Å². The summed E-state index contributed by atoms with van der Waals surface area (Å²) >= 11 is 0. The molecule has 0 radical (unpaired) electrons. The number of hydrogen-bond donors (Lipinski definition) is 3. The largest absolute Gasteiger partial charge is 0.396 e. The molecule has 3 N–H and O–H groups in total. The summed E-state index contributed by atoms with van der Waals surface area (Å²) in [5.74, 6) is 0. The third-order valence-electron chi connectivity index (χ3n) is 1.93. The molecule has 1 aromatic carbocycles. The molecular formula is C11H16N2O2. The van der Waals surface area contributed by atoms with Crippen LogP contribution in [0.2, 0.25) is 0 Å². The number of urea groups is 1. The van der Waals surface area contributed by atoms with E-state index in [1.165, 1.54) is 0 Å². The van der Waals surface area contributed by atoms with Crippen LogP contribution < -0.4 is 10.6 Å². The van der Waals surface area contributed by atoms with Gasteiger partial charge in [0, 0.05) is 18.8 Å². The number of carbonyl (C=O) groups excluding carboxylic acids is 1. The summed E-state index contributed by atoms with van der Waals surface area (Å²) in [5, 5.41) is 13.9. The first-order chi connectivity index (χ1) is 7.22. The molecule has 0 saturated carbocycles. The molecule has 0 unspecified atom stereocenters. The Kier molecular flexibility index (Phi) is 4.63. The minimum atomic E-state index is -0.243. The summed E-state index contributed by atoms with van der Waals surface area (Å²) in [6.07, 6.45) is 0.571. The number of carbonyl (C=O) groups is 1. The highest BCUT2D eigenvalue weighted by Crippen LogP contribution is 2.07. The van der Waals surface area contributed by atoms with Gasteiger partial charge in [0.2, 0.25) is 0 Å². The fourth-order valence-electron chi connectivity index (χ4n) is 1.09. The van der Waals surface area contributed by atoms with Gasteiger partial charge < -0.3 is 15.7 Å². The molecule has 1 rings (SSSR count). The Morgan fingerprint density at radius 1 is 1.33 bits per heavy atom. The summed E-state index contributed by atoms with van der Waals surface area (Å²) < 4.78 is 0. The van der Waals surface area contributed by atoms with E-state index in [0.29, 0.717) is 13.0 Å². The van der Waals surface area contributed by atoms with E-state index in [2.05, 4.69) is 10.6 Å². The maximum absolute atomic E-state index is 11.3. The average molecular weight is 208 g/mol. The van der Waals surface area contributed by atoms with Crippen molar-refractivity contribution in [3.63, 3.8) is 0 Å². The Hall–Kier alpha value is -1.55. The lowest BCUT2D eigenvalue weighted by Crippen LogP contribution is -2.29. The second-order valence-corrected chi connectivity index (χ2v) is 3.32. The Balaban J connectivity index is 2.34. The predicted octanol–water partition coefficient (Wildman–Crippen LogP) is 1.50. The molecule has 0 aliphatic heterocycles. The van der Waals surface area contributed by atoms with Crippen LogP contribution in [0, 0.1) is 6.92 Å². The highest BCUT2D eigenvalue weighted by Gasteiger charge is 1.99. The van der Waals surface area contributed by atoms with E-state index in [1.54, 1.807) is 0 Å². The molecule has 4 heteroatoms.